The molecule has 0 unspecified atom stereocenters. The van der Waals surface area contributed by atoms with Gasteiger partial charge in [-0.1, -0.05) is 0 Å². The van der Waals surface area contributed by atoms with Crippen LogP contribution in [0.3, 0.4) is 0 Å². The summed E-state index contributed by atoms with van der Waals surface area (Å²) in [5, 5.41) is 12.1. The molecular weight excluding hydrogens is 242 g/mol. The lowest BCUT2D eigenvalue weighted by Gasteiger charge is -2.11. The summed E-state index contributed by atoms with van der Waals surface area (Å²) >= 11 is 0. The van der Waals surface area contributed by atoms with E-state index in [2.05, 4.69) is 10.3 Å². The Morgan fingerprint density at radius 2 is 2.05 bits per heavy atom. The van der Waals surface area contributed by atoms with Gasteiger partial charge in [-0.2, -0.15) is 0 Å². The summed E-state index contributed by atoms with van der Waals surface area (Å²) in [6.45, 7) is 2.79. The van der Waals surface area contributed by atoms with Crippen LogP contribution in [0.25, 0.3) is 0 Å². The van der Waals surface area contributed by atoms with E-state index < -0.39 is 0 Å². The van der Waals surface area contributed by atoms with Gasteiger partial charge < -0.3 is 15.0 Å². The number of pyridine rings is 2. The van der Waals surface area contributed by atoms with Crippen molar-refractivity contribution in [2.24, 2.45) is 0 Å². The number of rotatable bonds is 5. The number of hydrogen-bond acceptors (Lipinski definition) is 4. The lowest BCUT2D eigenvalue weighted by Crippen LogP contribution is -2.23. The van der Waals surface area contributed by atoms with Crippen molar-refractivity contribution in [2.75, 3.05) is 11.9 Å². The number of anilines is 1. The average Bonchev–Trinajstić information content (AvgIpc) is 2.42. The fourth-order valence-corrected chi connectivity index (χ4v) is 1.92. The number of aryl methyl sites for hydroxylation is 1. The van der Waals surface area contributed by atoms with E-state index in [0.29, 0.717) is 13.1 Å². The Kier molecular flexibility index (Phi) is 4.30. The zero-order chi connectivity index (χ0) is 13.7. The Labute approximate surface area is 111 Å². The number of aliphatic hydroxyl groups excluding tert-OH is 1. The molecule has 2 N–H and O–H groups in total. The van der Waals surface area contributed by atoms with Gasteiger partial charge >= 0.3 is 0 Å². The van der Waals surface area contributed by atoms with E-state index in [-0.39, 0.29) is 12.2 Å². The van der Waals surface area contributed by atoms with Crippen LogP contribution < -0.4 is 10.9 Å². The summed E-state index contributed by atoms with van der Waals surface area (Å²) in [4.78, 5) is 15.8. The fourth-order valence-electron chi connectivity index (χ4n) is 1.92. The second-order valence-electron chi connectivity index (χ2n) is 4.31. The van der Waals surface area contributed by atoms with Crippen molar-refractivity contribution in [1.82, 2.24) is 9.55 Å². The average molecular weight is 259 g/mol. The second-order valence-corrected chi connectivity index (χ2v) is 4.31. The Bertz CT molecular complexity index is 593. The van der Waals surface area contributed by atoms with E-state index >= 15 is 0 Å². The first-order valence-corrected chi connectivity index (χ1v) is 6.16. The highest BCUT2D eigenvalue weighted by Gasteiger charge is 2.03. The van der Waals surface area contributed by atoms with Gasteiger partial charge in [0.05, 0.1) is 6.61 Å². The van der Waals surface area contributed by atoms with Gasteiger partial charge in [0, 0.05) is 42.9 Å². The molecule has 2 aromatic heterocycles. The maximum absolute atomic E-state index is 11.9. The van der Waals surface area contributed by atoms with E-state index in [9.17, 15) is 4.79 Å². The summed E-state index contributed by atoms with van der Waals surface area (Å²) in [6, 6.07) is 7.29. The molecule has 0 aliphatic carbocycles. The summed E-state index contributed by atoms with van der Waals surface area (Å²) in [7, 11) is 0. The molecular formula is C14H17N3O2. The SMILES string of the molecule is Cc1cc(NCc2ccncc2)cc(=O)n1CCO. The van der Waals surface area contributed by atoms with Gasteiger partial charge in [0.15, 0.2) is 0 Å². The van der Waals surface area contributed by atoms with E-state index in [1.807, 2.05) is 25.1 Å². The van der Waals surface area contributed by atoms with Crippen molar-refractivity contribution < 1.29 is 5.11 Å². The number of hydrogen-bond donors (Lipinski definition) is 2. The van der Waals surface area contributed by atoms with Crippen molar-refractivity contribution in [3.8, 4) is 0 Å². The van der Waals surface area contributed by atoms with Crippen molar-refractivity contribution in [2.45, 2.75) is 20.0 Å². The molecule has 0 saturated heterocycles. The third kappa shape index (κ3) is 3.42. The van der Waals surface area contributed by atoms with Crippen molar-refractivity contribution in [3.05, 3.63) is 58.3 Å². The van der Waals surface area contributed by atoms with Gasteiger partial charge in [0.2, 0.25) is 0 Å². The van der Waals surface area contributed by atoms with Gasteiger partial charge in [-0.15, -0.1) is 0 Å². The van der Waals surface area contributed by atoms with E-state index in [1.54, 1.807) is 23.0 Å². The van der Waals surface area contributed by atoms with Gasteiger partial charge in [-0.05, 0) is 30.7 Å². The molecule has 5 nitrogen and oxygen atoms in total. The molecule has 0 aromatic carbocycles. The Morgan fingerprint density at radius 3 is 2.68 bits per heavy atom. The molecule has 5 heteroatoms. The Morgan fingerprint density at radius 1 is 1.32 bits per heavy atom. The highest BCUT2D eigenvalue weighted by atomic mass is 16.3. The van der Waals surface area contributed by atoms with Crippen LogP contribution in [0.2, 0.25) is 0 Å². The smallest absolute Gasteiger partial charge is 0.252 e. The monoisotopic (exact) mass is 259 g/mol. The number of nitrogens with zero attached hydrogens (tertiary/aromatic N) is 2. The third-order valence-electron chi connectivity index (χ3n) is 2.90. The number of aliphatic hydroxyl groups is 1. The van der Waals surface area contributed by atoms with Crippen LogP contribution in [-0.4, -0.2) is 21.3 Å². The molecule has 0 aliphatic rings. The zero-order valence-corrected chi connectivity index (χ0v) is 10.8. The van der Waals surface area contributed by atoms with Gasteiger partial charge in [-0.25, -0.2) is 0 Å². The van der Waals surface area contributed by atoms with Crippen molar-refractivity contribution >= 4 is 5.69 Å². The Hall–Kier alpha value is -2.14. The molecule has 0 fully saturated rings. The Balaban J connectivity index is 2.12. The highest BCUT2D eigenvalue weighted by molar-refractivity contribution is 5.44. The maximum atomic E-state index is 11.9. The van der Waals surface area contributed by atoms with Gasteiger partial charge in [0.1, 0.15) is 0 Å². The largest absolute Gasteiger partial charge is 0.395 e. The lowest BCUT2D eigenvalue weighted by molar-refractivity contribution is 0.273. The lowest BCUT2D eigenvalue weighted by atomic mass is 10.2. The van der Waals surface area contributed by atoms with Crippen LogP contribution in [-0.2, 0) is 13.1 Å². The summed E-state index contributed by atoms with van der Waals surface area (Å²) in [5.74, 6) is 0. The van der Waals surface area contributed by atoms with Crippen LogP contribution in [0.15, 0.2) is 41.5 Å². The second kappa shape index (κ2) is 6.15. The van der Waals surface area contributed by atoms with Crippen LogP contribution in [0.5, 0.6) is 0 Å². The molecule has 0 spiro atoms. The van der Waals surface area contributed by atoms with Crippen LogP contribution >= 0.6 is 0 Å². The molecule has 0 atom stereocenters. The molecule has 0 radical (unpaired) electrons. The first-order chi connectivity index (χ1) is 9.20. The minimum atomic E-state index is -0.105. The molecule has 0 bridgehead atoms. The standard InChI is InChI=1S/C14H17N3O2/c1-11-8-13(9-14(19)17(11)6-7-18)16-10-12-2-4-15-5-3-12/h2-5,8-9,16,18H,6-7,10H2,1H3. The number of nitrogens with one attached hydrogen (secondary N) is 1. The van der Waals surface area contributed by atoms with E-state index in [4.69, 9.17) is 5.11 Å². The van der Waals surface area contributed by atoms with Crippen LogP contribution in [0.4, 0.5) is 5.69 Å². The van der Waals surface area contributed by atoms with E-state index in [0.717, 1.165) is 16.9 Å². The van der Waals surface area contributed by atoms with Crippen LogP contribution in [0.1, 0.15) is 11.3 Å². The minimum absolute atomic E-state index is 0.0372. The molecule has 0 aliphatic heterocycles. The molecule has 2 rings (SSSR count). The first-order valence-electron chi connectivity index (χ1n) is 6.16. The maximum Gasteiger partial charge on any atom is 0.252 e. The summed E-state index contributed by atoms with van der Waals surface area (Å²) < 4.78 is 1.55. The molecule has 100 valence electrons. The predicted molar refractivity (Wildman–Crippen MR) is 74.1 cm³/mol. The zero-order valence-electron chi connectivity index (χ0n) is 10.8. The predicted octanol–water partition coefficient (Wildman–Crippen LogP) is 1.16. The molecule has 19 heavy (non-hydrogen) atoms. The van der Waals surface area contributed by atoms with E-state index in [1.165, 1.54) is 0 Å². The highest BCUT2D eigenvalue weighted by Crippen LogP contribution is 2.09. The topological polar surface area (TPSA) is 67.2 Å². The first kappa shape index (κ1) is 13.3. The van der Waals surface area contributed by atoms with Crippen molar-refractivity contribution in [1.29, 1.82) is 0 Å². The molecule has 2 aromatic rings. The fraction of sp³-hybridized carbons (Fsp3) is 0.286. The normalized spacial score (nSPS) is 10.4. The minimum Gasteiger partial charge on any atom is -0.395 e. The quantitative estimate of drug-likeness (QED) is 0.845. The van der Waals surface area contributed by atoms with Crippen molar-refractivity contribution in [3.63, 3.8) is 0 Å². The van der Waals surface area contributed by atoms with Gasteiger partial charge in [0.25, 0.3) is 5.56 Å². The summed E-state index contributed by atoms with van der Waals surface area (Å²) in [5.41, 5.74) is 2.62. The summed E-state index contributed by atoms with van der Waals surface area (Å²) in [6.07, 6.45) is 3.48. The molecule has 0 saturated carbocycles. The van der Waals surface area contributed by atoms with Gasteiger partial charge in [-0.3, -0.25) is 9.78 Å². The molecule has 2 heterocycles. The third-order valence-corrected chi connectivity index (χ3v) is 2.90. The van der Waals surface area contributed by atoms with Crippen LogP contribution in [0, 0.1) is 6.92 Å². The molecule has 0 amide bonds. The number of aromatic nitrogens is 2.